The van der Waals surface area contributed by atoms with E-state index in [-0.39, 0.29) is 54.2 Å². The number of aromatic nitrogens is 4. The molecule has 6 heterocycles. The molecule has 3 aliphatic rings. The molecule has 16 heteroatoms. The average Bonchev–Trinajstić information content (AvgIpc) is 4.02. The highest BCUT2D eigenvalue weighted by Gasteiger charge is 2.40. The van der Waals surface area contributed by atoms with Crippen LogP contribution in [0.2, 0.25) is 0 Å². The Morgan fingerprint density at radius 1 is 1.14 bits per heavy atom. The van der Waals surface area contributed by atoms with Gasteiger partial charge in [-0.1, -0.05) is 34.3 Å². The van der Waals surface area contributed by atoms with Crippen molar-refractivity contribution in [3.8, 4) is 22.6 Å². The number of hydrazine groups is 1. The molecule has 3 aromatic heterocycles. The van der Waals surface area contributed by atoms with Gasteiger partial charge in [-0.05, 0) is 111 Å². The molecular weight excluding hydrogens is 829 g/mol. The zero-order valence-electron chi connectivity index (χ0n) is 39.0. The third-order valence-electron chi connectivity index (χ3n) is 13.1. The second kappa shape index (κ2) is 19.6. The molecule has 2 saturated heterocycles. The molecule has 0 spiro atoms. The first-order valence-corrected chi connectivity index (χ1v) is 23.5. The molecule has 7 rings (SSSR count). The summed E-state index contributed by atoms with van der Waals surface area (Å²) in [5.74, 6) is -1.26. The highest BCUT2D eigenvalue weighted by atomic mass is 32.1. The number of hydrogen-bond donors (Lipinski definition) is 2. The first-order valence-electron chi connectivity index (χ1n) is 22.7. The Morgan fingerprint density at radius 2 is 1.92 bits per heavy atom. The summed E-state index contributed by atoms with van der Waals surface area (Å²) in [5, 5.41) is 6.49. The number of rotatable bonds is 10. The van der Waals surface area contributed by atoms with Gasteiger partial charge in [0.25, 0.3) is 5.91 Å². The summed E-state index contributed by atoms with van der Waals surface area (Å²) in [6.45, 7) is 19.7. The van der Waals surface area contributed by atoms with Crippen LogP contribution in [0, 0.1) is 17.3 Å². The van der Waals surface area contributed by atoms with Gasteiger partial charge >= 0.3 is 0 Å². The number of likely N-dealkylation sites (tertiary alicyclic amines) is 1. The zero-order valence-corrected chi connectivity index (χ0v) is 39.8. The van der Waals surface area contributed by atoms with E-state index in [1.165, 1.54) is 28.1 Å². The number of likely N-dealkylation sites (N-methyl/N-ethyl adjacent to an activating group) is 2. The zero-order chi connectivity index (χ0) is 46.0. The molecule has 5 atom stereocenters. The average molecular weight is 895 g/mol. The molecular formula is C48H66N10O5S. The van der Waals surface area contributed by atoms with Crippen molar-refractivity contribution in [3.05, 3.63) is 65.4 Å². The Bertz CT molecular complexity index is 2370. The van der Waals surface area contributed by atoms with Crippen LogP contribution in [-0.2, 0) is 43.3 Å². The Labute approximate surface area is 381 Å². The molecule has 1 aromatic carbocycles. The lowest BCUT2D eigenvalue weighted by Gasteiger charge is -2.39. The molecule has 0 radical (unpaired) electrons. The Hall–Kier alpha value is -5.03. The number of fused-ring (bicyclic) bond motifs is 6. The molecule has 64 heavy (non-hydrogen) atoms. The quantitative estimate of drug-likeness (QED) is 0.195. The van der Waals surface area contributed by atoms with E-state index < -0.39 is 23.9 Å². The van der Waals surface area contributed by atoms with Crippen molar-refractivity contribution < 1.29 is 23.9 Å². The topological polar surface area (TPSA) is 158 Å². The Kier molecular flexibility index (Phi) is 14.4. The number of benzene rings is 1. The maximum Gasteiger partial charge on any atom is 0.259 e. The van der Waals surface area contributed by atoms with E-state index in [4.69, 9.17) is 19.1 Å². The fourth-order valence-electron chi connectivity index (χ4n) is 10.2. The maximum absolute atomic E-state index is 14.7. The number of hydrogen-bond acceptors (Lipinski definition) is 11. The second-order valence-electron chi connectivity index (χ2n) is 19.0. The van der Waals surface area contributed by atoms with Gasteiger partial charge in [0.15, 0.2) is 5.82 Å². The summed E-state index contributed by atoms with van der Waals surface area (Å²) in [4.78, 5) is 70.6. The van der Waals surface area contributed by atoms with Crippen LogP contribution < -0.4 is 10.7 Å². The van der Waals surface area contributed by atoms with Gasteiger partial charge in [0.05, 0.1) is 23.4 Å². The van der Waals surface area contributed by atoms with E-state index in [2.05, 4.69) is 78.9 Å². The van der Waals surface area contributed by atoms with Gasteiger partial charge in [-0.25, -0.2) is 10.4 Å². The molecule has 6 bridgehead atoms. The number of nitrogens with zero attached hydrogens (tertiary/aromatic N) is 8. The number of amides is 4. The number of aryl methyl sites for hydroxylation is 1. The summed E-state index contributed by atoms with van der Waals surface area (Å²) >= 11 is 1.22. The summed E-state index contributed by atoms with van der Waals surface area (Å²) < 4.78 is 13.1. The van der Waals surface area contributed by atoms with Gasteiger partial charge in [-0.15, -0.1) is 0 Å². The first kappa shape index (κ1) is 46.9. The maximum atomic E-state index is 14.7. The smallest absolute Gasteiger partial charge is 0.259 e. The van der Waals surface area contributed by atoms with E-state index in [0.29, 0.717) is 30.3 Å². The predicted molar refractivity (Wildman–Crippen MR) is 250 cm³/mol. The Balaban J connectivity index is 1.27. The van der Waals surface area contributed by atoms with Crippen LogP contribution in [0.15, 0.2) is 49.2 Å². The van der Waals surface area contributed by atoms with E-state index in [1.807, 2.05) is 33.0 Å². The lowest BCUT2D eigenvalue weighted by atomic mass is 9.83. The first-order chi connectivity index (χ1) is 30.5. The third kappa shape index (κ3) is 9.80. The van der Waals surface area contributed by atoms with Crippen LogP contribution in [-0.4, -0.2) is 134 Å². The highest BCUT2D eigenvalue weighted by molar-refractivity contribution is 7.05. The fraction of sp³-hybridized carbons (Fsp3) is 0.562. The van der Waals surface area contributed by atoms with Crippen LogP contribution in [0.25, 0.3) is 33.5 Å². The van der Waals surface area contributed by atoms with E-state index >= 15 is 0 Å². The monoisotopic (exact) mass is 894 g/mol. The number of carbonyl (C=O) groups excluding carboxylic acids is 4. The van der Waals surface area contributed by atoms with Gasteiger partial charge in [-0.3, -0.25) is 29.2 Å². The molecule has 344 valence electrons. The van der Waals surface area contributed by atoms with Gasteiger partial charge < -0.3 is 29.3 Å². The number of carbonyl (C=O) groups is 4. The SMILES string of the molecule is C=CC(=O)N1CC[C@H](C(=O)N(C)C(C(=O)N[C@H]2Cc3nc(ns3)-c3ccc4c(c3)c(c(-c3cccnc3[C@H](C)OC)n4CC)CC(C)(C)CN(C)C[C@@H]3CCCN(N3)C2=O)C(C)C)C1. The van der Waals surface area contributed by atoms with Crippen molar-refractivity contribution >= 4 is 46.1 Å². The van der Waals surface area contributed by atoms with Crippen molar-refractivity contribution in [2.75, 3.05) is 53.9 Å². The van der Waals surface area contributed by atoms with Crippen LogP contribution in [0.3, 0.4) is 0 Å². The lowest BCUT2D eigenvalue weighted by Crippen LogP contribution is -2.62. The van der Waals surface area contributed by atoms with E-state index in [0.717, 1.165) is 72.3 Å². The lowest BCUT2D eigenvalue weighted by molar-refractivity contribution is -0.146. The van der Waals surface area contributed by atoms with Gasteiger partial charge in [-0.2, -0.15) is 4.37 Å². The van der Waals surface area contributed by atoms with E-state index in [1.54, 1.807) is 24.1 Å². The van der Waals surface area contributed by atoms with Gasteiger partial charge in [0, 0.05) is 94.1 Å². The molecule has 3 aliphatic heterocycles. The molecule has 15 nitrogen and oxygen atoms in total. The minimum absolute atomic E-state index is 0.00147. The third-order valence-corrected chi connectivity index (χ3v) is 13.9. The number of nitrogens with one attached hydrogen (secondary N) is 2. The summed E-state index contributed by atoms with van der Waals surface area (Å²) in [6.07, 6.45) is 5.99. The second-order valence-corrected chi connectivity index (χ2v) is 19.8. The van der Waals surface area contributed by atoms with Crippen LogP contribution >= 0.6 is 11.5 Å². The van der Waals surface area contributed by atoms with Crippen LogP contribution in [0.5, 0.6) is 0 Å². The summed E-state index contributed by atoms with van der Waals surface area (Å²) in [5.41, 5.74) is 9.66. The number of pyridine rings is 1. The molecule has 4 aromatic rings. The normalized spacial score (nSPS) is 21.7. The molecule has 1 unspecified atom stereocenters. The van der Waals surface area contributed by atoms with Crippen molar-refractivity contribution in [2.45, 2.75) is 104 Å². The van der Waals surface area contributed by atoms with Crippen molar-refractivity contribution in [2.24, 2.45) is 17.3 Å². The standard InChI is InChI=1S/C48H66N10O5S/c1-11-40(59)56-22-19-32(26-56)46(61)55(9)42(29(3)4)45(60)50-37-24-39-51-44(53-64-39)31-17-18-38-35(23-31)36(43(57(38)12-2)34-16-13-20-49-41(34)30(5)63-10)25-48(6,7)28-54(8)27-33-15-14-21-58(52-33)47(37)62/h11,13,16-18,20,23,29-30,32-33,37,42,52H,1,12,14-15,19,21-22,24-28H2,2-10H3,(H,50,60)/t30-,32-,33-,37-,42?/m0/s1. The minimum Gasteiger partial charge on any atom is -0.375 e. The minimum atomic E-state index is -0.981. The van der Waals surface area contributed by atoms with Crippen molar-refractivity contribution in [1.82, 2.24) is 49.4 Å². The molecule has 0 aliphatic carbocycles. The summed E-state index contributed by atoms with van der Waals surface area (Å²) in [7, 11) is 5.50. The van der Waals surface area contributed by atoms with Gasteiger partial charge in [0.1, 0.15) is 17.1 Å². The van der Waals surface area contributed by atoms with Crippen LogP contribution in [0.1, 0.15) is 83.2 Å². The van der Waals surface area contributed by atoms with Crippen molar-refractivity contribution in [3.63, 3.8) is 0 Å². The molecule has 2 N–H and O–H groups in total. The summed E-state index contributed by atoms with van der Waals surface area (Å²) in [6, 6.07) is 8.74. The van der Waals surface area contributed by atoms with E-state index in [9.17, 15) is 19.2 Å². The fourth-order valence-corrected chi connectivity index (χ4v) is 10.9. The molecule has 4 amide bonds. The Morgan fingerprint density at radius 3 is 2.64 bits per heavy atom. The largest absolute Gasteiger partial charge is 0.375 e. The number of ether oxygens (including phenoxy) is 1. The molecule has 2 fully saturated rings. The van der Waals surface area contributed by atoms with Gasteiger partial charge in [0.2, 0.25) is 17.7 Å². The highest BCUT2D eigenvalue weighted by Crippen LogP contribution is 2.42. The van der Waals surface area contributed by atoms with Crippen molar-refractivity contribution in [1.29, 1.82) is 0 Å². The molecule has 0 saturated carbocycles. The number of methoxy groups -OCH3 is 1. The van der Waals surface area contributed by atoms with Crippen LogP contribution in [0.4, 0.5) is 0 Å². The predicted octanol–water partition coefficient (Wildman–Crippen LogP) is 5.50.